The highest BCUT2D eigenvalue weighted by Crippen LogP contribution is 2.27. The van der Waals surface area contributed by atoms with Gasteiger partial charge in [-0.15, -0.1) is 0 Å². The number of aromatic nitrogens is 3. The van der Waals surface area contributed by atoms with Crippen LogP contribution in [0.1, 0.15) is 5.69 Å². The molecule has 0 atom stereocenters. The molecule has 6 nitrogen and oxygen atoms in total. The van der Waals surface area contributed by atoms with Crippen molar-refractivity contribution < 1.29 is 18.1 Å². The smallest absolute Gasteiger partial charge is 0.258 e. The molecule has 0 spiro atoms. The molecule has 0 amide bonds. The van der Waals surface area contributed by atoms with E-state index in [2.05, 4.69) is 10.1 Å². The summed E-state index contributed by atoms with van der Waals surface area (Å²) < 4.78 is 37.8. The zero-order chi connectivity index (χ0) is 13.3. The largest absolute Gasteiger partial charge is 0.435 e. The topological polar surface area (TPSA) is 73.8 Å². The van der Waals surface area contributed by atoms with Crippen LogP contribution < -0.4 is 0 Å². The van der Waals surface area contributed by atoms with E-state index in [-0.39, 0.29) is 11.5 Å². The van der Waals surface area contributed by atoms with E-state index in [1.807, 2.05) is 0 Å². The van der Waals surface area contributed by atoms with Crippen LogP contribution in [0.15, 0.2) is 30.6 Å². The van der Waals surface area contributed by atoms with Crippen LogP contribution in [0.4, 0.5) is 18.9 Å². The summed E-state index contributed by atoms with van der Waals surface area (Å²) >= 11 is 0. The van der Waals surface area contributed by atoms with Crippen LogP contribution in [0.5, 0.6) is 0 Å². The first kappa shape index (κ1) is 12.0. The van der Waals surface area contributed by atoms with E-state index >= 15 is 0 Å². The Hall–Kier alpha value is -2.45. The highest BCUT2D eigenvalue weighted by molar-refractivity contribution is 5.32. The Labute approximate surface area is 97.8 Å². The molecule has 2 aromatic heterocycles. The van der Waals surface area contributed by atoms with Crippen LogP contribution >= 0.6 is 0 Å². The fourth-order valence-electron chi connectivity index (χ4n) is 1.22. The molecule has 0 radical (unpaired) electrons. The van der Waals surface area contributed by atoms with Gasteiger partial charge in [-0.25, -0.2) is 9.67 Å². The van der Waals surface area contributed by atoms with Crippen LogP contribution in [0.3, 0.4) is 0 Å². The molecular formula is C9H5F3N4O2. The van der Waals surface area contributed by atoms with E-state index in [0.717, 1.165) is 29.2 Å². The van der Waals surface area contributed by atoms with Gasteiger partial charge in [0.15, 0.2) is 11.5 Å². The van der Waals surface area contributed by atoms with Gasteiger partial charge in [-0.2, -0.15) is 18.3 Å². The summed E-state index contributed by atoms with van der Waals surface area (Å²) in [4.78, 5) is 13.4. The van der Waals surface area contributed by atoms with Gasteiger partial charge in [-0.1, -0.05) is 0 Å². The Balaban J connectivity index is 2.32. The van der Waals surface area contributed by atoms with Crippen molar-refractivity contribution >= 4 is 5.69 Å². The van der Waals surface area contributed by atoms with E-state index in [9.17, 15) is 23.3 Å². The number of rotatable bonds is 2. The lowest BCUT2D eigenvalue weighted by Crippen LogP contribution is -2.07. The minimum absolute atomic E-state index is 0.0658. The second-order valence-corrected chi connectivity index (χ2v) is 3.28. The number of nitrogens with zero attached hydrogens (tertiary/aromatic N) is 4. The SMILES string of the molecule is O=[N+]([O-])c1ccc(-n2ccc(C(F)(F)F)n2)nc1. The first-order valence-corrected chi connectivity index (χ1v) is 4.61. The van der Waals surface area contributed by atoms with Crippen LogP contribution in [-0.4, -0.2) is 19.7 Å². The number of pyridine rings is 1. The molecule has 0 N–H and O–H groups in total. The summed E-state index contributed by atoms with van der Waals surface area (Å²) in [7, 11) is 0. The lowest BCUT2D eigenvalue weighted by atomic mass is 10.4. The lowest BCUT2D eigenvalue weighted by Gasteiger charge is -2.01. The quantitative estimate of drug-likeness (QED) is 0.611. The molecular weight excluding hydrogens is 253 g/mol. The van der Waals surface area contributed by atoms with Crippen molar-refractivity contribution in [3.8, 4) is 5.82 Å². The molecule has 0 aromatic carbocycles. The third-order valence-corrected chi connectivity index (χ3v) is 2.06. The van der Waals surface area contributed by atoms with Gasteiger partial charge in [0.05, 0.1) is 4.92 Å². The highest BCUT2D eigenvalue weighted by atomic mass is 19.4. The third-order valence-electron chi connectivity index (χ3n) is 2.06. The fourth-order valence-corrected chi connectivity index (χ4v) is 1.22. The minimum atomic E-state index is -4.54. The summed E-state index contributed by atoms with van der Waals surface area (Å²) in [6.07, 6.45) is -2.51. The highest BCUT2D eigenvalue weighted by Gasteiger charge is 2.33. The number of hydrogen-bond donors (Lipinski definition) is 0. The van der Waals surface area contributed by atoms with Gasteiger partial charge < -0.3 is 0 Å². The Morgan fingerprint density at radius 1 is 1.28 bits per heavy atom. The molecule has 0 unspecified atom stereocenters. The van der Waals surface area contributed by atoms with Gasteiger partial charge in [0, 0.05) is 12.3 Å². The molecule has 0 aliphatic heterocycles. The van der Waals surface area contributed by atoms with Gasteiger partial charge in [-0.05, 0) is 12.1 Å². The predicted molar refractivity (Wildman–Crippen MR) is 53.0 cm³/mol. The molecule has 0 saturated heterocycles. The first-order chi connectivity index (χ1) is 8.38. The van der Waals surface area contributed by atoms with Crippen molar-refractivity contribution in [3.05, 3.63) is 46.4 Å². The molecule has 18 heavy (non-hydrogen) atoms. The van der Waals surface area contributed by atoms with Gasteiger partial charge in [0.25, 0.3) is 5.69 Å². The summed E-state index contributed by atoms with van der Waals surface area (Å²) in [5.74, 6) is 0.0658. The van der Waals surface area contributed by atoms with E-state index in [0.29, 0.717) is 0 Å². The van der Waals surface area contributed by atoms with E-state index in [1.54, 1.807) is 0 Å². The fraction of sp³-hybridized carbons (Fsp3) is 0.111. The van der Waals surface area contributed by atoms with Crippen LogP contribution in [0.2, 0.25) is 0 Å². The lowest BCUT2D eigenvalue weighted by molar-refractivity contribution is -0.385. The molecule has 0 aliphatic carbocycles. The van der Waals surface area contributed by atoms with Crippen LogP contribution in [0.25, 0.3) is 5.82 Å². The second kappa shape index (κ2) is 4.09. The summed E-state index contributed by atoms with van der Waals surface area (Å²) in [5.41, 5.74) is -1.30. The molecule has 0 saturated carbocycles. The molecule has 2 rings (SSSR count). The first-order valence-electron chi connectivity index (χ1n) is 4.61. The maximum atomic E-state index is 12.3. The molecule has 9 heteroatoms. The zero-order valence-corrected chi connectivity index (χ0v) is 8.63. The minimum Gasteiger partial charge on any atom is -0.258 e. The van der Waals surface area contributed by atoms with Gasteiger partial charge >= 0.3 is 6.18 Å². The van der Waals surface area contributed by atoms with E-state index < -0.39 is 16.8 Å². The van der Waals surface area contributed by atoms with E-state index in [1.165, 1.54) is 6.07 Å². The average molecular weight is 258 g/mol. The summed E-state index contributed by atoms with van der Waals surface area (Å²) in [6, 6.07) is 3.14. The maximum absolute atomic E-state index is 12.3. The Morgan fingerprint density at radius 3 is 2.44 bits per heavy atom. The molecule has 0 fully saturated rings. The number of halogens is 3. The molecule has 2 aromatic rings. The Bertz CT molecular complexity index is 576. The van der Waals surface area contributed by atoms with Crippen molar-refractivity contribution in [3.63, 3.8) is 0 Å². The van der Waals surface area contributed by atoms with Crippen molar-refractivity contribution in [2.24, 2.45) is 0 Å². The van der Waals surface area contributed by atoms with Crippen LogP contribution in [-0.2, 0) is 6.18 Å². The second-order valence-electron chi connectivity index (χ2n) is 3.28. The van der Waals surface area contributed by atoms with Crippen molar-refractivity contribution in [2.75, 3.05) is 0 Å². The standard InChI is InChI=1S/C9H5F3N4O2/c10-9(11,12)7-3-4-15(14-7)8-2-1-6(5-13-8)16(17)18/h1-5H. The van der Waals surface area contributed by atoms with Crippen molar-refractivity contribution in [1.29, 1.82) is 0 Å². The van der Waals surface area contributed by atoms with Crippen LogP contribution in [0, 0.1) is 10.1 Å². The number of hydrogen-bond acceptors (Lipinski definition) is 4. The van der Waals surface area contributed by atoms with Gasteiger partial charge in [0.1, 0.15) is 6.20 Å². The van der Waals surface area contributed by atoms with Gasteiger partial charge in [0.2, 0.25) is 0 Å². The van der Waals surface area contributed by atoms with E-state index in [4.69, 9.17) is 0 Å². The Morgan fingerprint density at radius 2 is 2.00 bits per heavy atom. The number of nitro groups is 1. The third kappa shape index (κ3) is 2.29. The average Bonchev–Trinajstić information content (AvgIpc) is 2.78. The molecule has 2 heterocycles. The Kier molecular flexibility index (Phi) is 2.73. The predicted octanol–water partition coefficient (Wildman–Crippen LogP) is 2.19. The maximum Gasteiger partial charge on any atom is 0.435 e. The summed E-state index contributed by atoms with van der Waals surface area (Å²) in [5, 5.41) is 13.7. The molecule has 0 bridgehead atoms. The van der Waals surface area contributed by atoms with Crippen molar-refractivity contribution in [1.82, 2.24) is 14.8 Å². The molecule has 0 aliphatic rings. The monoisotopic (exact) mass is 258 g/mol. The normalized spacial score (nSPS) is 11.5. The molecule has 94 valence electrons. The summed E-state index contributed by atoms with van der Waals surface area (Å²) in [6.45, 7) is 0. The van der Waals surface area contributed by atoms with Crippen molar-refractivity contribution in [2.45, 2.75) is 6.18 Å². The van der Waals surface area contributed by atoms with Gasteiger partial charge in [-0.3, -0.25) is 10.1 Å². The number of alkyl halides is 3. The zero-order valence-electron chi connectivity index (χ0n) is 8.63.